The number of hydrogen-bond acceptors (Lipinski definition) is 3. The molecule has 7 heteroatoms. The number of nitrogens with one attached hydrogen (secondary N) is 1. The zero-order valence-corrected chi connectivity index (χ0v) is 17.8. The molecule has 2 aromatic carbocycles. The summed E-state index contributed by atoms with van der Waals surface area (Å²) < 4.78 is 13.0. The SMILES string of the molecule is Cc1cccc(-c2ccc(C(=O)N3CCN(C(=O)Cc4ccc(F)cc4)CC3)c(=O)[nH]2)c1. The predicted octanol–water partition coefficient (Wildman–Crippen LogP) is 3.02. The summed E-state index contributed by atoms with van der Waals surface area (Å²) in [5, 5.41) is 0. The van der Waals surface area contributed by atoms with Crippen molar-refractivity contribution in [1.29, 1.82) is 0 Å². The Morgan fingerprint density at radius 2 is 1.62 bits per heavy atom. The van der Waals surface area contributed by atoms with Crippen molar-refractivity contribution in [3.8, 4) is 11.3 Å². The Morgan fingerprint density at radius 1 is 0.938 bits per heavy atom. The van der Waals surface area contributed by atoms with Gasteiger partial charge in [-0.15, -0.1) is 0 Å². The van der Waals surface area contributed by atoms with Crippen LogP contribution in [0.25, 0.3) is 11.3 Å². The number of aryl methyl sites for hydroxylation is 1. The lowest BCUT2D eigenvalue weighted by atomic mass is 10.1. The maximum Gasteiger partial charge on any atom is 0.261 e. The quantitative estimate of drug-likeness (QED) is 0.688. The third-order valence-electron chi connectivity index (χ3n) is 5.66. The van der Waals surface area contributed by atoms with E-state index in [0.717, 1.165) is 16.7 Å². The number of pyridine rings is 1. The first-order valence-corrected chi connectivity index (χ1v) is 10.5. The monoisotopic (exact) mass is 433 g/mol. The summed E-state index contributed by atoms with van der Waals surface area (Å²) in [5.74, 6) is -0.744. The van der Waals surface area contributed by atoms with Crippen LogP contribution in [0.2, 0.25) is 0 Å². The number of piperazine rings is 1. The summed E-state index contributed by atoms with van der Waals surface area (Å²) in [5.41, 5.74) is 3.03. The Hall–Kier alpha value is -3.74. The Morgan fingerprint density at radius 3 is 2.28 bits per heavy atom. The minimum Gasteiger partial charge on any atom is -0.339 e. The molecular formula is C25H24FN3O3. The highest BCUT2D eigenvalue weighted by Gasteiger charge is 2.26. The van der Waals surface area contributed by atoms with Crippen LogP contribution >= 0.6 is 0 Å². The van der Waals surface area contributed by atoms with Gasteiger partial charge >= 0.3 is 0 Å². The summed E-state index contributed by atoms with van der Waals surface area (Å²) in [6.07, 6.45) is 0.189. The van der Waals surface area contributed by atoms with Crippen LogP contribution in [0.5, 0.6) is 0 Å². The number of nitrogens with zero attached hydrogens (tertiary/aromatic N) is 2. The number of aromatic amines is 1. The zero-order chi connectivity index (χ0) is 22.7. The van der Waals surface area contributed by atoms with Crippen LogP contribution in [0.15, 0.2) is 65.5 Å². The van der Waals surface area contributed by atoms with Gasteiger partial charge in [-0.1, -0.05) is 35.9 Å². The topological polar surface area (TPSA) is 73.5 Å². The van der Waals surface area contributed by atoms with Crippen molar-refractivity contribution in [2.75, 3.05) is 26.2 Å². The van der Waals surface area contributed by atoms with Crippen LogP contribution in [0.4, 0.5) is 4.39 Å². The molecule has 1 N–H and O–H groups in total. The summed E-state index contributed by atoms with van der Waals surface area (Å²) in [4.78, 5) is 44.1. The third kappa shape index (κ3) is 4.77. The number of hydrogen-bond donors (Lipinski definition) is 1. The highest BCUT2D eigenvalue weighted by Crippen LogP contribution is 2.17. The Labute approximate surface area is 185 Å². The van der Waals surface area contributed by atoms with E-state index in [2.05, 4.69) is 4.98 Å². The van der Waals surface area contributed by atoms with Gasteiger partial charge < -0.3 is 14.8 Å². The third-order valence-corrected chi connectivity index (χ3v) is 5.66. The van der Waals surface area contributed by atoms with Gasteiger partial charge in [0.25, 0.3) is 11.5 Å². The van der Waals surface area contributed by atoms with Crippen molar-refractivity contribution in [2.24, 2.45) is 0 Å². The molecule has 4 rings (SSSR count). The lowest BCUT2D eigenvalue weighted by molar-refractivity contribution is -0.131. The van der Waals surface area contributed by atoms with Gasteiger partial charge in [0, 0.05) is 31.9 Å². The van der Waals surface area contributed by atoms with E-state index < -0.39 is 5.56 Å². The molecule has 1 aromatic heterocycles. The average Bonchev–Trinajstić information content (AvgIpc) is 2.80. The molecule has 0 saturated carbocycles. The number of amides is 2. The summed E-state index contributed by atoms with van der Waals surface area (Å²) >= 11 is 0. The van der Waals surface area contributed by atoms with Gasteiger partial charge in [-0.3, -0.25) is 14.4 Å². The summed E-state index contributed by atoms with van der Waals surface area (Å²) in [6, 6.07) is 16.9. The molecule has 32 heavy (non-hydrogen) atoms. The maximum absolute atomic E-state index is 13.0. The first kappa shape index (κ1) is 21.5. The van der Waals surface area contributed by atoms with Crippen molar-refractivity contribution in [1.82, 2.24) is 14.8 Å². The van der Waals surface area contributed by atoms with Crippen LogP contribution in [-0.2, 0) is 11.2 Å². The van der Waals surface area contributed by atoms with E-state index in [-0.39, 0.29) is 29.6 Å². The molecule has 1 aliphatic rings. The molecule has 1 fully saturated rings. The normalized spacial score (nSPS) is 13.8. The largest absolute Gasteiger partial charge is 0.339 e. The van der Waals surface area contributed by atoms with Crippen molar-refractivity contribution >= 4 is 11.8 Å². The van der Waals surface area contributed by atoms with Gasteiger partial charge in [-0.05, 0) is 48.4 Å². The molecule has 0 radical (unpaired) electrons. The van der Waals surface area contributed by atoms with Crippen molar-refractivity contribution < 1.29 is 14.0 Å². The molecule has 3 aromatic rings. The fraction of sp³-hybridized carbons (Fsp3) is 0.240. The molecular weight excluding hydrogens is 409 g/mol. The number of benzene rings is 2. The van der Waals surface area contributed by atoms with Crippen LogP contribution in [0.1, 0.15) is 21.5 Å². The van der Waals surface area contributed by atoms with Gasteiger partial charge in [-0.2, -0.15) is 0 Å². The molecule has 0 unspecified atom stereocenters. The van der Waals surface area contributed by atoms with E-state index in [1.807, 2.05) is 31.2 Å². The number of H-pyrrole nitrogens is 1. The summed E-state index contributed by atoms with van der Waals surface area (Å²) in [7, 11) is 0. The number of carbonyl (C=O) groups is 2. The van der Waals surface area contributed by atoms with Crippen LogP contribution in [-0.4, -0.2) is 52.8 Å². The predicted molar refractivity (Wildman–Crippen MR) is 120 cm³/mol. The molecule has 0 spiro atoms. The molecule has 1 aliphatic heterocycles. The molecule has 0 bridgehead atoms. The molecule has 0 aliphatic carbocycles. The fourth-order valence-electron chi connectivity index (χ4n) is 3.84. The van der Waals surface area contributed by atoms with E-state index in [0.29, 0.717) is 31.9 Å². The molecule has 2 amide bonds. The first-order valence-electron chi connectivity index (χ1n) is 10.5. The molecule has 6 nitrogen and oxygen atoms in total. The highest BCUT2D eigenvalue weighted by atomic mass is 19.1. The first-order chi connectivity index (χ1) is 15.4. The van der Waals surface area contributed by atoms with Crippen molar-refractivity contribution in [3.63, 3.8) is 0 Å². The standard InChI is InChI=1S/C25H24FN3O3/c1-17-3-2-4-19(15-17)22-10-9-21(24(31)27-22)25(32)29-13-11-28(12-14-29)23(30)16-18-5-7-20(26)8-6-18/h2-10,15H,11-14,16H2,1H3,(H,27,31). The van der Waals surface area contributed by atoms with Crippen LogP contribution < -0.4 is 5.56 Å². The van der Waals surface area contributed by atoms with Crippen LogP contribution in [0.3, 0.4) is 0 Å². The van der Waals surface area contributed by atoms with Crippen molar-refractivity contribution in [3.05, 3.63) is 93.5 Å². The number of aromatic nitrogens is 1. The summed E-state index contributed by atoms with van der Waals surface area (Å²) in [6.45, 7) is 3.47. The smallest absolute Gasteiger partial charge is 0.261 e. The fourth-order valence-corrected chi connectivity index (χ4v) is 3.84. The Bertz CT molecular complexity index is 1200. The second-order valence-corrected chi connectivity index (χ2v) is 7.96. The minimum absolute atomic E-state index is 0.0657. The molecule has 2 heterocycles. The maximum atomic E-state index is 13.0. The average molecular weight is 433 g/mol. The lowest BCUT2D eigenvalue weighted by Gasteiger charge is -2.34. The van der Waals surface area contributed by atoms with E-state index in [4.69, 9.17) is 0 Å². The van der Waals surface area contributed by atoms with E-state index in [1.54, 1.807) is 34.1 Å². The minimum atomic E-state index is -0.427. The van der Waals surface area contributed by atoms with Crippen molar-refractivity contribution in [2.45, 2.75) is 13.3 Å². The van der Waals surface area contributed by atoms with Gasteiger partial charge in [-0.25, -0.2) is 4.39 Å². The van der Waals surface area contributed by atoms with E-state index in [9.17, 15) is 18.8 Å². The molecule has 164 valence electrons. The number of halogens is 1. The van der Waals surface area contributed by atoms with Crippen LogP contribution in [0, 0.1) is 12.7 Å². The van der Waals surface area contributed by atoms with Gasteiger partial charge in [0.15, 0.2) is 0 Å². The van der Waals surface area contributed by atoms with Gasteiger partial charge in [0.05, 0.1) is 6.42 Å². The Balaban J connectivity index is 1.38. The number of rotatable bonds is 4. The van der Waals surface area contributed by atoms with E-state index in [1.165, 1.54) is 12.1 Å². The highest BCUT2D eigenvalue weighted by molar-refractivity contribution is 5.94. The zero-order valence-electron chi connectivity index (χ0n) is 17.8. The molecule has 0 atom stereocenters. The Kier molecular flexibility index (Phi) is 6.16. The second-order valence-electron chi connectivity index (χ2n) is 7.96. The lowest BCUT2D eigenvalue weighted by Crippen LogP contribution is -2.51. The number of carbonyl (C=O) groups excluding carboxylic acids is 2. The molecule has 1 saturated heterocycles. The van der Waals surface area contributed by atoms with E-state index >= 15 is 0 Å². The second kappa shape index (κ2) is 9.18. The van der Waals surface area contributed by atoms with Gasteiger partial charge in [0.2, 0.25) is 5.91 Å². The van der Waals surface area contributed by atoms with Gasteiger partial charge in [0.1, 0.15) is 11.4 Å².